The van der Waals surface area contributed by atoms with Crippen LogP contribution in [0.1, 0.15) is 31.0 Å². The van der Waals surface area contributed by atoms with E-state index in [1.807, 2.05) is 41.9 Å². The molecule has 5 nitrogen and oxygen atoms in total. The highest BCUT2D eigenvalue weighted by atomic mass is 32.2. The van der Waals surface area contributed by atoms with Gasteiger partial charge in [0, 0.05) is 12.6 Å². The van der Waals surface area contributed by atoms with Crippen molar-refractivity contribution < 1.29 is 4.79 Å². The number of hydrogen-bond donors (Lipinski definition) is 1. The fourth-order valence-corrected chi connectivity index (χ4v) is 3.76. The Labute approximate surface area is 170 Å². The van der Waals surface area contributed by atoms with E-state index < -0.39 is 0 Å². The van der Waals surface area contributed by atoms with E-state index in [0.717, 1.165) is 22.1 Å². The van der Waals surface area contributed by atoms with Gasteiger partial charge >= 0.3 is 0 Å². The molecule has 6 heteroatoms. The highest BCUT2D eigenvalue weighted by molar-refractivity contribution is 7.99. The number of carbonyl (C=O) groups excluding carboxylic acids is 1. The van der Waals surface area contributed by atoms with Crippen LogP contribution in [0.2, 0.25) is 0 Å². The number of aryl methyl sites for hydroxylation is 1. The maximum atomic E-state index is 12.5. The van der Waals surface area contributed by atoms with Crippen molar-refractivity contribution in [3.05, 3.63) is 65.7 Å². The molecule has 1 aromatic heterocycles. The SMILES string of the molecule is Cc1ccc(-c2nnc(SCC(=O)NC(c3ccccc3)C(C)C)n2C)cc1. The lowest BCUT2D eigenvalue weighted by Gasteiger charge is -2.22. The summed E-state index contributed by atoms with van der Waals surface area (Å²) in [4.78, 5) is 12.5. The van der Waals surface area contributed by atoms with Crippen molar-refractivity contribution in [2.24, 2.45) is 13.0 Å². The van der Waals surface area contributed by atoms with Crippen LogP contribution >= 0.6 is 11.8 Å². The summed E-state index contributed by atoms with van der Waals surface area (Å²) in [5.41, 5.74) is 3.34. The summed E-state index contributed by atoms with van der Waals surface area (Å²) in [6.07, 6.45) is 0. The van der Waals surface area contributed by atoms with Crippen LogP contribution in [0.25, 0.3) is 11.4 Å². The van der Waals surface area contributed by atoms with Crippen molar-refractivity contribution in [3.63, 3.8) is 0 Å². The van der Waals surface area contributed by atoms with Crippen LogP contribution in [0.15, 0.2) is 59.8 Å². The van der Waals surface area contributed by atoms with Gasteiger partial charge in [0.1, 0.15) is 0 Å². The van der Waals surface area contributed by atoms with E-state index in [-0.39, 0.29) is 11.9 Å². The number of nitrogens with zero attached hydrogens (tertiary/aromatic N) is 3. The summed E-state index contributed by atoms with van der Waals surface area (Å²) in [5, 5.41) is 12.4. The van der Waals surface area contributed by atoms with Crippen LogP contribution in [0.5, 0.6) is 0 Å². The van der Waals surface area contributed by atoms with E-state index >= 15 is 0 Å². The highest BCUT2D eigenvalue weighted by Gasteiger charge is 2.19. The Kier molecular flexibility index (Phi) is 6.52. The van der Waals surface area contributed by atoms with Crippen LogP contribution < -0.4 is 5.32 Å². The quantitative estimate of drug-likeness (QED) is 0.604. The first-order valence-corrected chi connectivity index (χ1v) is 10.4. The van der Waals surface area contributed by atoms with Gasteiger partial charge in [0.05, 0.1) is 11.8 Å². The molecule has 0 aliphatic heterocycles. The minimum Gasteiger partial charge on any atom is -0.348 e. The van der Waals surface area contributed by atoms with Gasteiger partial charge in [-0.1, -0.05) is 85.8 Å². The summed E-state index contributed by atoms with van der Waals surface area (Å²) in [7, 11) is 1.93. The third-order valence-corrected chi connectivity index (χ3v) is 5.64. The molecular formula is C22H26N4OS. The number of thioether (sulfide) groups is 1. The Morgan fingerprint density at radius 3 is 2.39 bits per heavy atom. The van der Waals surface area contributed by atoms with E-state index in [4.69, 9.17) is 0 Å². The van der Waals surface area contributed by atoms with Gasteiger partial charge in [-0.15, -0.1) is 10.2 Å². The molecule has 0 aliphatic rings. The summed E-state index contributed by atoms with van der Waals surface area (Å²) >= 11 is 1.40. The fraction of sp³-hybridized carbons (Fsp3) is 0.318. The molecule has 3 aromatic rings. The second-order valence-electron chi connectivity index (χ2n) is 7.22. The van der Waals surface area contributed by atoms with E-state index in [9.17, 15) is 4.79 Å². The lowest BCUT2D eigenvalue weighted by Crippen LogP contribution is -2.33. The van der Waals surface area contributed by atoms with Gasteiger partial charge in [0.25, 0.3) is 0 Å². The van der Waals surface area contributed by atoms with Gasteiger partial charge in [-0.2, -0.15) is 0 Å². The Hall–Kier alpha value is -2.60. The maximum Gasteiger partial charge on any atom is 0.230 e. The van der Waals surface area contributed by atoms with Gasteiger partial charge in [-0.3, -0.25) is 4.79 Å². The molecule has 0 bridgehead atoms. The fourth-order valence-electron chi connectivity index (χ4n) is 3.04. The number of carbonyl (C=O) groups is 1. The number of nitrogens with one attached hydrogen (secondary N) is 1. The van der Waals surface area contributed by atoms with Crippen molar-refractivity contribution >= 4 is 17.7 Å². The minimum absolute atomic E-state index is 0.00286. The van der Waals surface area contributed by atoms with Crippen LogP contribution in [0, 0.1) is 12.8 Å². The number of hydrogen-bond acceptors (Lipinski definition) is 4. The molecule has 1 atom stereocenters. The summed E-state index contributed by atoms with van der Waals surface area (Å²) < 4.78 is 1.93. The minimum atomic E-state index is -0.00700. The topological polar surface area (TPSA) is 59.8 Å². The van der Waals surface area contributed by atoms with Gasteiger partial charge in [-0.05, 0) is 18.4 Å². The summed E-state index contributed by atoms with van der Waals surface area (Å²) in [6, 6.07) is 18.3. The Morgan fingerprint density at radius 2 is 1.75 bits per heavy atom. The lowest BCUT2D eigenvalue weighted by atomic mass is 9.96. The Bertz CT molecular complexity index is 919. The molecule has 1 amide bonds. The molecule has 0 fully saturated rings. The lowest BCUT2D eigenvalue weighted by molar-refractivity contribution is -0.119. The smallest absolute Gasteiger partial charge is 0.230 e. The maximum absolute atomic E-state index is 12.5. The van der Waals surface area contributed by atoms with Crippen LogP contribution in [0.3, 0.4) is 0 Å². The first-order valence-electron chi connectivity index (χ1n) is 9.39. The zero-order chi connectivity index (χ0) is 20.1. The van der Waals surface area contributed by atoms with E-state index in [1.165, 1.54) is 17.3 Å². The molecule has 0 saturated carbocycles. The van der Waals surface area contributed by atoms with Gasteiger partial charge in [0.15, 0.2) is 11.0 Å². The van der Waals surface area contributed by atoms with Crippen LogP contribution in [-0.4, -0.2) is 26.4 Å². The third kappa shape index (κ3) is 4.81. The molecule has 1 unspecified atom stereocenters. The van der Waals surface area contributed by atoms with E-state index in [1.54, 1.807) is 0 Å². The third-order valence-electron chi connectivity index (χ3n) is 4.62. The predicted molar refractivity (Wildman–Crippen MR) is 114 cm³/mol. The van der Waals surface area contributed by atoms with Crippen molar-refractivity contribution in [3.8, 4) is 11.4 Å². The molecule has 2 aromatic carbocycles. The average molecular weight is 395 g/mol. The van der Waals surface area contributed by atoms with Crippen molar-refractivity contribution in [1.29, 1.82) is 0 Å². The predicted octanol–water partition coefficient (Wildman–Crippen LogP) is 4.40. The first kappa shape index (κ1) is 20.1. The van der Waals surface area contributed by atoms with Gasteiger partial charge in [-0.25, -0.2) is 0 Å². The molecule has 1 heterocycles. The van der Waals surface area contributed by atoms with E-state index in [2.05, 4.69) is 60.6 Å². The van der Waals surface area contributed by atoms with Crippen molar-refractivity contribution in [2.45, 2.75) is 32.0 Å². The Morgan fingerprint density at radius 1 is 1.07 bits per heavy atom. The molecule has 0 spiro atoms. The molecular weight excluding hydrogens is 368 g/mol. The molecule has 0 aliphatic carbocycles. The summed E-state index contributed by atoms with van der Waals surface area (Å²) in [5.74, 6) is 1.40. The van der Waals surface area contributed by atoms with Crippen LogP contribution in [-0.2, 0) is 11.8 Å². The van der Waals surface area contributed by atoms with E-state index in [0.29, 0.717) is 11.7 Å². The number of aromatic nitrogens is 3. The standard InChI is InChI=1S/C22H26N4OS/c1-15(2)20(17-8-6-5-7-9-17)23-19(27)14-28-22-25-24-21(26(22)4)18-12-10-16(3)11-13-18/h5-13,15,20H,14H2,1-4H3,(H,23,27). The second-order valence-corrected chi connectivity index (χ2v) is 8.16. The number of amides is 1. The van der Waals surface area contributed by atoms with Crippen molar-refractivity contribution in [2.75, 3.05) is 5.75 Å². The monoisotopic (exact) mass is 394 g/mol. The molecule has 28 heavy (non-hydrogen) atoms. The average Bonchev–Trinajstić information content (AvgIpc) is 3.06. The molecule has 1 N–H and O–H groups in total. The number of rotatable bonds is 7. The zero-order valence-corrected chi connectivity index (χ0v) is 17.5. The molecule has 0 saturated heterocycles. The highest BCUT2D eigenvalue weighted by Crippen LogP contribution is 2.24. The molecule has 146 valence electrons. The van der Waals surface area contributed by atoms with Gasteiger partial charge in [0.2, 0.25) is 5.91 Å². The number of benzene rings is 2. The van der Waals surface area contributed by atoms with Gasteiger partial charge < -0.3 is 9.88 Å². The largest absolute Gasteiger partial charge is 0.348 e. The molecule has 0 radical (unpaired) electrons. The molecule has 3 rings (SSSR count). The second kappa shape index (κ2) is 9.06. The van der Waals surface area contributed by atoms with Crippen molar-refractivity contribution in [1.82, 2.24) is 20.1 Å². The normalized spacial score (nSPS) is 12.2. The van der Waals surface area contributed by atoms with Crippen LogP contribution in [0.4, 0.5) is 0 Å². The summed E-state index contributed by atoms with van der Waals surface area (Å²) in [6.45, 7) is 6.28. The Balaban J connectivity index is 1.64. The first-order chi connectivity index (χ1) is 13.5. The zero-order valence-electron chi connectivity index (χ0n) is 16.7.